The molecule has 0 fully saturated rings. The van der Waals surface area contributed by atoms with Crippen molar-refractivity contribution in [2.75, 3.05) is 171 Å². The molecule has 0 heterocycles. The predicted octanol–water partition coefficient (Wildman–Crippen LogP) is -7.67. The van der Waals surface area contributed by atoms with E-state index in [0.717, 1.165) is 27.7 Å². The minimum atomic E-state index is -0.833. The topological polar surface area (TPSA) is 457 Å². The molecule has 0 aromatic rings. The largest absolute Gasteiger partial charge is 0.481 e. The minimum Gasteiger partial charge on any atom is -0.481 e. The zero-order valence-corrected chi connectivity index (χ0v) is 36.1. The van der Waals surface area contributed by atoms with Crippen molar-refractivity contribution in [3.8, 4) is 0 Å². The number of aliphatic hydroxyl groups is 12. The second-order valence-corrected chi connectivity index (χ2v) is 10.7. The molecular weight excluding hydrogens is 812 g/mol. The molecule has 0 atom stereocenters. The number of nitrogens with two attached hydrogens (primary N) is 2. The fourth-order valence-corrected chi connectivity index (χ4v) is 3.04. The van der Waals surface area contributed by atoms with E-state index in [2.05, 4.69) is 0 Å². The normalized spacial score (nSPS) is 9.37. The zero-order chi connectivity index (χ0) is 49.0. The van der Waals surface area contributed by atoms with Gasteiger partial charge in [-0.3, -0.25) is 38.8 Å². The highest BCUT2D eigenvalue weighted by molar-refractivity contribution is 5.63. The number of hydrogen-bond acceptors (Lipinski definition) is 22. The average molecular weight is 897 g/mol. The van der Waals surface area contributed by atoms with Crippen LogP contribution < -0.4 is 11.5 Å². The van der Waals surface area contributed by atoms with E-state index in [1.807, 2.05) is 0 Å². The summed E-state index contributed by atoms with van der Waals surface area (Å²) >= 11 is 0. The SMILES string of the molecule is CC(=O)O.CC(=O)O.CC(=O)O.CC(=O)O.NCCN.OCCN(CCO)CCO.OCCN(CCO)CCO.OCCN(CCO)CCO.OCCN(CCO)CCO. The zero-order valence-electron chi connectivity index (χ0n) is 36.1. The molecule has 0 saturated carbocycles. The number of carbonyl (C=O) groups is 4. The Hall–Kier alpha value is -2.84. The Bertz CT molecular complexity index is 607. The molecule has 0 spiro atoms. The van der Waals surface area contributed by atoms with Crippen molar-refractivity contribution in [3.05, 3.63) is 0 Å². The predicted molar refractivity (Wildman–Crippen MR) is 222 cm³/mol. The highest BCUT2D eigenvalue weighted by Crippen LogP contribution is 1.86. The first-order chi connectivity index (χ1) is 28.2. The summed E-state index contributed by atoms with van der Waals surface area (Å²) in [5.74, 6) is -3.33. The van der Waals surface area contributed by atoms with Crippen LogP contribution in [-0.4, -0.2) is 296 Å². The lowest BCUT2D eigenvalue weighted by Crippen LogP contribution is -2.32. The number of nitrogens with zero attached hydrogens (tertiary/aromatic N) is 4. The molecule has 0 aliphatic rings. The van der Waals surface area contributed by atoms with Crippen LogP contribution in [0.2, 0.25) is 0 Å². The van der Waals surface area contributed by atoms with Crippen LogP contribution in [0.1, 0.15) is 27.7 Å². The van der Waals surface area contributed by atoms with Crippen LogP contribution in [0.3, 0.4) is 0 Å². The molecule has 0 aromatic heterocycles. The molecule has 60 heavy (non-hydrogen) atoms. The van der Waals surface area contributed by atoms with E-state index in [-0.39, 0.29) is 79.3 Å². The van der Waals surface area contributed by atoms with Gasteiger partial charge in [0.2, 0.25) is 0 Å². The number of hydrogen-bond donors (Lipinski definition) is 18. The molecule has 26 nitrogen and oxygen atoms in total. The van der Waals surface area contributed by atoms with E-state index in [4.69, 9.17) is 112 Å². The van der Waals surface area contributed by atoms with Gasteiger partial charge in [0.15, 0.2) is 0 Å². The first kappa shape index (κ1) is 77.7. The highest BCUT2D eigenvalue weighted by Gasteiger charge is 2.02. The summed E-state index contributed by atoms with van der Waals surface area (Å²) in [6.07, 6.45) is 0. The molecule has 0 unspecified atom stereocenters. The lowest BCUT2D eigenvalue weighted by atomic mass is 10.4. The minimum absolute atomic E-state index is 0.0694. The molecule has 26 heteroatoms. The van der Waals surface area contributed by atoms with Gasteiger partial charge in [0.05, 0.1) is 79.3 Å². The van der Waals surface area contributed by atoms with E-state index in [1.165, 1.54) is 0 Å². The van der Waals surface area contributed by atoms with Crippen molar-refractivity contribution < 1.29 is 101 Å². The third-order valence-corrected chi connectivity index (χ3v) is 5.16. The number of carboxylic acid groups (broad SMARTS) is 4. The van der Waals surface area contributed by atoms with Gasteiger partial charge < -0.3 is 93.2 Å². The van der Waals surface area contributed by atoms with Gasteiger partial charge in [0.25, 0.3) is 23.9 Å². The van der Waals surface area contributed by atoms with Gasteiger partial charge in [-0.1, -0.05) is 0 Å². The summed E-state index contributed by atoms with van der Waals surface area (Å²) in [4.78, 5) is 43.2. The summed E-state index contributed by atoms with van der Waals surface area (Å²) in [7, 11) is 0. The molecule has 0 aromatic carbocycles. The fraction of sp³-hybridized carbons (Fsp3) is 0.882. The lowest BCUT2D eigenvalue weighted by molar-refractivity contribution is -0.135. The highest BCUT2D eigenvalue weighted by atomic mass is 16.4. The van der Waals surface area contributed by atoms with Crippen LogP contribution >= 0.6 is 0 Å². The maximum absolute atomic E-state index is 9.00. The molecule has 0 aliphatic heterocycles. The third kappa shape index (κ3) is 139. The van der Waals surface area contributed by atoms with Crippen molar-refractivity contribution in [3.63, 3.8) is 0 Å². The van der Waals surface area contributed by atoms with Crippen LogP contribution in [0, 0.1) is 0 Å². The Morgan fingerprint density at radius 3 is 0.383 bits per heavy atom. The van der Waals surface area contributed by atoms with Crippen molar-refractivity contribution >= 4 is 23.9 Å². The fourth-order valence-electron chi connectivity index (χ4n) is 3.04. The number of aliphatic hydroxyl groups excluding tert-OH is 12. The first-order valence-electron chi connectivity index (χ1n) is 18.6. The van der Waals surface area contributed by atoms with Gasteiger partial charge in [-0.15, -0.1) is 0 Å². The van der Waals surface area contributed by atoms with Gasteiger partial charge in [-0.2, -0.15) is 0 Å². The van der Waals surface area contributed by atoms with Crippen LogP contribution in [0.25, 0.3) is 0 Å². The molecule has 0 saturated heterocycles. The van der Waals surface area contributed by atoms with Crippen LogP contribution in [0.5, 0.6) is 0 Å². The molecule has 0 radical (unpaired) electrons. The maximum atomic E-state index is 9.00. The second kappa shape index (κ2) is 76.8. The third-order valence-electron chi connectivity index (χ3n) is 5.16. The van der Waals surface area contributed by atoms with Gasteiger partial charge in [-0.25, -0.2) is 0 Å². The standard InChI is InChI=1S/4C6H15NO3.C2H8N2.4C2H4O2/c4*8-4-1-7(2-5-9)3-6-10;3-1-2-4;4*1-2(3)4/h4*8-10H,1-6H2;1-4H2;4*1H3,(H,3,4). The quantitative estimate of drug-likeness (QED) is 0.0405. The number of rotatable bonds is 25. The van der Waals surface area contributed by atoms with Crippen LogP contribution in [-0.2, 0) is 19.2 Å². The molecular formula is C34H84N6O20. The van der Waals surface area contributed by atoms with E-state index in [1.54, 1.807) is 19.6 Å². The molecule has 370 valence electrons. The molecule has 20 N–H and O–H groups in total. The van der Waals surface area contributed by atoms with Crippen molar-refractivity contribution in [1.82, 2.24) is 19.6 Å². The average Bonchev–Trinajstić information content (AvgIpc) is 3.13. The summed E-state index contributed by atoms with van der Waals surface area (Å²) in [6, 6.07) is 0. The maximum Gasteiger partial charge on any atom is 0.300 e. The van der Waals surface area contributed by atoms with Crippen molar-refractivity contribution in [1.29, 1.82) is 0 Å². The summed E-state index contributed by atoms with van der Waals surface area (Å²) < 4.78 is 0. The smallest absolute Gasteiger partial charge is 0.300 e. The van der Waals surface area contributed by atoms with Gasteiger partial charge >= 0.3 is 0 Å². The number of carboxylic acids is 4. The molecule has 0 amide bonds. The van der Waals surface area contributed by atoms with Gasteiger partial charge in [0.1, 0.15) is 0 Å². The summed E-state index contributed by atoms with van der Waals surface area (Å²) in [5.41, 5.74) is 9.81. The molecule has 0 aliphatic carbocycles. The second-order valence-electron chi connectivity index (χ2n) is 10.7. The Morgan fingerprint density at radius 2 is 0.350 bits per heavy atom. The van der Waals surface area contributed by atoms with E-state index in [9.17, 15) is 0 Å². The van der Waals surface area contributed by atoms with Crippen molar-refractivity contribution in [2.45, 2.75) is 27.7 Å². The number of aliphatic carboxylic acids is 4. The van der Waals surface area contributed by atoms with Crippen molar-refractivity contribution in [2.24, 2.45) is 11.5 Å². The summed E-state index contributed by atoms with van der Waals surface area (Å²) in [6.45, 7) is 12.5. The van der Waals surface area contributed by atoms with E-state index in [0.29, 0.717) is 91.6 Å². The van der Waals surface area contributed by atoms with E-state index < -0.39 is 23.9 Å². The molecule has 0 rings (SSSR count). The lowest BCUT2D eigenvalue weighted by Gasteiger charge is -2.17. The van der Waals surface area contributed by atoms with Crippen LogP contribution in [0.4, 0.5) is 0 Å². The Morgan fingerprint density at radius 1 is 0.283 bits per heavy atom. The Balaban J connectivity index is -0.0000000720. The van der Waals surface area contributed by atoms with Gasteiger partial charge in [-0.05, 0) is 0 Å². The Kier molecular flexibility index (Phi) is 99.5. The monoisotopic (exact) mass is 897 g/mol. The van der Waals surface area contributed by atoms with Crippen LogP contribution in [0.15, 0.2) is 0 Å². The Labute approximate surface area is 354 Å². The van der Waals surface area contributed by atoms with E-state index >= 15 is 0 Å². The molecule has 0 bridgehead atoms. The summed E-state index contributed by atoms with van der Waals surface area (Å²) in [5, 5.41) is 131. The van der Waals surface area contributed by atoms with Gasteiger partial charge in [0, 0.05) is 119 Å². The first-order valence-corrected chi connectivity index (χ1v) is 18.6.